The molecule has 0 amide bonds. The van der Waals surface area contributed by atoms with Crippen molar-refractivity contribution in [1.29, 1.82) is 0 Å². The fourth-order valence-electron chi connectivity index (χ4n) is 1.66. The molecule has 3 rings (SSSR count). The highest BCUT2D eigenvalue weighted by Gasteiger charge is 2.48. The molecule has 2 atom stereocenters. The second-order valence-electron chi connectivity index (χ2n) is 3.87. The molecule has 1 aliphatic carbocycles. The van der Waals surface area contributed by atoms with Gasteiger partial charge in [0, 0.05) is 9.85 Å². The minimum atomic E-state index is -0.798. The standard InChI is InChI=1S/C10H7BrN2O3S/c11-4-1-7(17-3-4)8-12-9(16-13-8)5-2-6(5)10(14)15/h1,3,5-6H,2H2,(H,14,15). The lowest BCUT2D eigenvalue weighted by atomic mass is 10.3. The second-order valence-corrected chi connectivity index (χ2v) is 5.70. The molecule has 1 saturated carbocycles. The van der Waals surface area contributed by atoms with Crippen molar-refractivity contribution in [3.8, 4) is 10.7 Å². The molecule has 2 heterocycles. The van der Waals surface area contributed by atoms with Crippen molar-refractivity contribution in [3.05, 3.63) is 21.8 Å². The molecule has 2 aromatic rings. The SMILES string of the molecule is O=C(O)C1CC1c1nc(-c2cc(Br)cs2)no1. The van der Waals surface area contributed by atoms with E-state index in [1.807, 2.05) is 11.4 Å². The van der Waals surface area contributed by atoms with Crippen LogP contribution in [0, 0.1) is 5.92 Å². The number of rotatable bonds is 3. The van der Waals surface area contributed by atoms with Crippen LogP contribution in [0.25, 0.3) is 10.7 Å². The first kappa shape index (κ1) is 10.9. The van der Waals surface area contributed by atoms with E-state index in [2.05, 4.69) is 26.1 Å². The van der Waals surface area contributed by atoms with Gasteiger partial charge in [-0.15, -0.1) is 11.3 Å². The average Bonchev–Trinajstić information content (AvgIpc) is 2.74. The Kier molecular flexibility index (Phi) is 2.52. The van der Waals surface area contributed by atoms with Gasteiger partial charge in [0.2, 0.25) is 11.7 Å². The molecule has 0 saturated heterocycles. The molecule has 0 aromatic carbocycles. The Labute approximate surface area is 109 Å². The van der Waals surface area contributed by atoms with Crippen molar-refractivity contribution in [3.63, 3.8) is 0 Å². The molecular weight excluding hydrogens is 308 g/mol. The molecule has 5 nitrogen and oxygen atoms in total. The summed E-state index contributed by atoms with van der Waals surface area (Å²) in [5.41, 5.74) is 0. The van der Waals surface area contributed by atoms with E-state index in [9.17, 15) is 4.79 Å². The van der Waals surface area contributed by atoms with Gasteiger partial charge in [0.1, 0.15) is 0 Å². The molecule has 1 aliphatic rings. The van der Waals surface area contributed by atoms with Gasteiger partial charge in [-0.2, -0.15) is 4.98 Å². The molecule has 0 spiro atoms. The predicted molar refractivity (Wildman–Crippen MR) is 63.8 cm³/mol. The highest BCUT2D eigenvalue weighted by Crippen LogP contribution is 2.47. The maximum absolute atomic E-state index is 10.7. The number of hydrogen-bond donors (Lipinski definition) is 1. The van der Waals surface area contributed by atoms with Crippen LogP contribution in [0.1, 0.15) is 18.2 Å². The minimum Gasteiger partial charge on any atom is -0.481 e. The molecule has 1 N–H and O–H groups in total. The molecule has 2 aromatic heterocycles. The summed E-state index contributed by atoms with van der Waals surface area (Å²) in [6.07, 6.45) is 0.588. The number of aromatic nitrogens is 2. The zero-order chi connectivity index (χ0) is 12.0. The fraction of sp³-hybridized carbons (Fsp3) is 0.300. The molecule has 1 fully saturated rings. The third-order valence-corrected chi connectivity index (χ3v) is 4.34. The molecule has 0 aliphatic heterocycles. The van der Waals surface area contributed by atoms with Crippen LogP contribution in [0.2, 0.25) is 0 Å². The van der Waals surface area contributed by atoms with Crippen LogP contribution >= 0.6 is 27.3 Å². The summed E-state index contributed by atoms with van der Waals surface area (Å²) in [7, 11) is 0. The van der Waals surface area contributed by atoms with Crippen molar-refractivity contribution in [2.45, 2.75) is 12.3 Å². The van der Waals surface area contributed by atoms with Crippen LogP contribution in [-0.4, -0.2) is 21.2 Å². The lowest BCUT2D eigenvalue weighted by molar-refractivity contribution is -0.138. The summed E-state index contributed by atoms with van der Waals surface area (Å²) >= 11 is 4.86. The predicted octanol–water partition coefficient (Wildman–Crippen LogP) is 2.75. The van der Waals surface area contributed by atoms with E-state index in [4.69, 9.17) is 9.63 Å². The zero-order valence-corrected chi connectivity index (χ0v) is 10.9. The molecule has 0 bridgehead atoms. The molecule has 2 unspecified atom stereocenters. The maximum Gasteiger partial charge on any atom is 0.307 e. The second kappa shape index (κ2) is 3.92. The van der Waals surface area contributed by atoms with E-state index >= 15 is 0 Å². The topological polar surface area (TPSA) is 76.2 Å². The Bertz CT molecular complexity index is 580. The third kappa shape index (κ3) is 2.00. The summed E-state index contributed by atoms with van der Waals surface area (Å²) in [4.78, 5) is 15.9. The van der Waals surface area contributed by atoms with E-state index in [-0.39, 0.29) is 11.8 Å². The smallest absolute Gasteiger partial charge is 0.307 e. The van der Waals surface area contributed by atoms with Gasteiger partial charge in [0.05, 0.1) is 16.7 Å². The van der Waals surface area contributed by atoms with Crippen LogP contribution in [0.4, 0.5) is 0 Å². The number of nitrogens with zero attached hydrogens (tertiary/aromatic N) is 2. The lowest BCUT2D eigenvalue weighted by Crippen LogP contribution is -1.98. The van der Waals surface area contributed by atoms with E-state index < -0.39 is 5.97 Å². The van der Waals surface area contributed by atoms with Crippen molar-refractivity contribution in [2.75, 3.05) is 0 Å². The summed E-state index contributed by atoms with van der Waals surface area (Å²) in [5, 5.41) is 14.6. The Morgan fingerprint density at radius 3 is 3.06 bits per heavy atom. The number of hydrogen-bond acceptors (Lipinski definition) is 5. The first-order valence-corrected chi connectivity index (χ1v) is 6.63. The van der Waals surface area contributed by atoms with Gasteiger partial charge >= 0.3 is 5.97 Å². The van der Waals surface area contributed by atoms with Crippen LogP contribution in [0.3, 0.4) is 0 Å². The van der Waals surface area contributed by atoms with E-state index in [0.29, 0.717) is 18.1 Å². The summed E-state index contributed by atoms with van der Waals surface area (Å²) < 4.78 is 6.07. The number of halogens is 1. The van der Waals surface area contributed by atoms with Gasteiger partial charge in [-0.05, 0) is 28.4 Å². The van der Waals surface area contributed by atoms with Crippen molar-refractivity contribution in [2.24, 2.45) is 5.92 Å². The summed E-state index contributed by atoms with van der Waals surface area (Å²) in [6.45, 7) is 0. The van der Waals surface area contributed by atoms with Gasteiger partial charge in [-0.25, -0.2) is 0 Å². The zero-order valence-electron chi connectivity index (χ0n) is 8.46. The normalized spacial score (nSPS) is 22.6. The van der Waals surface area contributed by atoms with Crippen molar-refractivity contribution in [1.82, 2.24) is 10.1 Å². The first-order chi connectivity index (χ1) is 8.15. The molecule has 7 heteroatoms. The Morgan fingerprint density at radius 2 is 2.47 bits per heavy atom. The number of aliphatic carboxylic acids is 1. The Balaban J connectivity index is 1.82. The number of thiophene rings is 1. The third-order valence-electron chi connectivity index (χ3n) is 2.65. The van der Waals surface area contributed by atoms with Gasteiger partial charge in [0.25, 0.3) is 0 Å². The van der Waals surface area contributed by atoms with E-state index in [1.165, 1.54) is 11.3 Å². The quantitative estimate of drug-likeness (QED) is 0.942. The number of carboxylic acids is 1. The highest BCUT2D eigenvalue weighted by atomic mass is 79.9. The summed E-state index contributed by atoms with van der Waals surface area (Å²) in [6, 6.07) is 1.90. The lowest BCUT2D eigenvalue weighted by Gasteiger charge is -1.86. The van der Waals surface area contributed by atoms with Gasteiger partial charge in [0.15, 0.2) is 0 Å². The van der Waals surface area contributed by atoms with Crippen LogP contribution in [0.15, 0.2) is 20.4 Å². The van der Waals surface area contributed by atoms with E-state index in [1.54, 1.807) is 0 Å². The monoisotopic (exact) mass is 314 g/mol. The average molecular weight is 315 g/mol. The van der Waals surface area contributed by atoms with Crippen molar-refractivity contribution < 1.29 is 14.4 Å². The van der Waals surface area contributed by atoms with E-state index in [0.717, 1.165) is 9.35 Å². The molecule has 88 valence electrons. The van der Waals surface area contributed by atoms with Crippen LogP contribution in [0.5, 0.6) is 0 Å². The minimum absolute atomic E-state index is 0.114. The Morgan fingerprint density at radius 1 is 1.65 bits per heavy atom. The summed E-state index contributed by atoms with van der Waals surface area (Å²) in [5.74, 6) is -0.326. The maximum atomic E-state index is 10.7. The van der Waals surface area contributed by atoms with Crippen molar-refractivity contribution >= 4 is 33.2 Å². The van der Waals surface area contributed by atoms with Gasteiger partial charge in [-0.1, -0.05) is 5.16 Å². The molecule has 0 radical (unpaired) electrons. The van der Waals surface area contributed by atoms with Crippen LogP contribution < -0.4 is 0 Å². The number of carbonyl (C=O) groups is 1. The molecular formula is C10H7BrN2O3S. The highest BCUT2D eigenvalue weighted by molar-refractivity contribution is 9.10. The number of carboxylic acid groups (broad SMARTS) is 1. The first-order valence-electron chi connectivity index (χ1n) is 4.96. The molecule has 17 heavy (non-hydrogen) atoms. The van der Waals surface area contributed by atoms with Gasteiger partial charge in [-0.3, -0.25) is 4.79 Å². The Hall–Kier alpha value is -1.21. The van der Waals surface area contributed by atoms with Gasteiger partial charge < -0.3 is 9.63 Å². The fourth-order valence-corrected chi connectivity index (χ4v) is 3.01. The largest absolute Gasteiger partial charge is 0.481 e. The van der Waals surface area contributed by atoms with Crippen LogP contribution in [-0.2, 0) is 4.79 Å².